The van der Waals surface area contributed by atoms with Gasteiger partial charge in [0.25, 0.3) is 5.91 Å². The number of amides is 5. The maximum atomic E-state index is 14.0. The molecule has 3 saturated heterocycles. The number of fused-ring (bicyclic) bond motifs is 3. The number of carbonyl (C=O) groups is 4. The second-order valence-corrected chi connectivity index (χ2v) is 11.4. The molecule has 0 spiro atoms. The Kier molecular flexibility index (Phi) is 4.86. The lowest BCUT2D eigenvalue weighted by Crippen LogP contribution is -2.54. The molecule has 34 heavy (non-hydrogen) atoms. The van der Waals surface area contributed by atoms with Crippen molar-refractivity contribution in [2.75, 3.05) is 4.90 Å². The number of hydrogen-bond donors (Lipinski definition) is 0. The zero-order valence-electron chi connectivity index (χ0n) is 19.7. The minimum absolute atomic E-state index is 0.339. The standard InChI is InChI=1S/C26H26BrN3O4/c1-14-7-6-8-17(13-14)28-23(33)26(5)19-18(21(31)30(22(19)32)25(2,3)4)20(29(26)24(28)34)15-9-11-16(27)12-10-15/h6-13,18-20H,1-5H3/t18-,19-,20-,26-/m1/s1. The highest BCUT2D eigenvalue weighted by Gasteiger charge is 2.76. The third-order valence-electron chi connectivity index (χ3n) is 7.25. The summed E-state index contributed by atoms with van der Waals surface area (Å²) >= 11 is 3.43. The van der Waals surface area contributed by atoms with Crippen molar-refractivity contribution in [3.8, 4) is 0 Å². The first-order valence-corrected chi connectivity index (χ1v) is 12.1. The number of rotatable bonds is 2. The van der Waals surface area contributed by atoms with Crippen molar-refractivity contribution in [2.45, 2.75) is 51.7 Å². The third-order valence-corrected chi connectivity index (χ3v) is 7.78. The van der Waals surface area contributed by atoms with Crippen LogP contribution in [0.3, 0.4) is 0 Å². The number of benzene rings is 2. The maximum Gasteiger partial charge on any atom is 0.332 e. The molecule has 3 heterocycles. The van der Waals surface area contributed by atoms with Crippen molar-refractivity contribution in [3.63, 3.8) is 0 Å². The Labute approximate surface area is 206 Å². The van der Waals surface area contributed by atoms with Crippen molar-refractivity contribution >= 4 is 45.4 Å². The largest absolute Gasteiger partial charge is 0.332 e. The van der Waals surface area contributed by atoms with Crippen LogP contribution in [0.5, 0.6) is 0 Å². The SMILES string of the molecule is Cc1cccc(N2C(=O)N3[C@H](c4ccc(Br)cc4)[C@@H]4C(=O)N(C(C)(C)C)C(=O)[C@@H]4[C@]3(C)C2=O)c1. The molecule has 0 bridgehead atoms. The average molecular weight is 524 g/mol. The summed E-state index contributed by atoms with van der Waals surface area (Å²) < 4.78 is 0.851. The average Bonchev–Trinajstić information content (AvgIpc) is 3.25. The Morgan fingerprint density at radius 1 is 0.941 bits per heavy atom. The molecular formula is C26H26BrN3O4. The second kappa shape index (κ2) is 7.25. The molecule has 0 saturated carbocycles. The lowest BCUT2D eigenvalue weighted by atomic mass is 9.80. The minimum atomic E-state index is -1.48. The van der Waals surface area contributed by atoms with Gasteiger partial charge in [-0.25, -0.2) is 9.69 Å². The monoisotopic (exact) mass is 523 g/mol. The van der Waals surface area contributed by atoms with Crippen LogP contribution in [0.4, 0.5) is 10.5 Å². The van der Waals surface area contributed by atoms with Gasteiger partial charge in [0.15, 0.2) is 0 Å². The number of halogens is 1. The van der Waals surface area contributed by atoms with Gasteiger partial charge in [-0.1, -0.05) is 40.2 Å². The van der Waals surface area contributed by atoms with Crippen molar-refractivity contribution in [2.24, 2.45) is 11.8 Å². The Hall–Kier alpha value is -3.00. The molecule has 176 valence electrons. The van der Waals surface area contributed by atoms with Gasteiger partial charge in [-0.2, -0.15) is 0 Å². The summed E-state index contributed by atoms with van der Waals surface area (Å²) in [6.45, 7) is 8.94. The molecule has 0 radical (unpaired) electrons. The molecule has 3 aliphatic heterocycles. The fourth-order valence-corrected chi connectivity index (χ4v) is 6.11. The fraction of sp³-hybridized carbons (Fsp3) is 0.385. The van der Waals surface area contributed by atoms with Gasteiger partial charge in [-0.05, 0) is 70.0 Å². The highest BCUT2D eigenvalue weighted by Crippen LogP contribution is 2.59. The van der Waals surface area contributed by atoms with Crippen LogP contribution in [0.2, 0.25) is 0 Å². The number of hydrogen-bond acceptors (Lipinski definition) is 4. The van der Waals surface area contributed by atoms with E-state index in [1.54, 1.807) is 45.9 Å². The number of urea groups is 1. The van der Waals surface area contributed by atoms with Crippen molar-refractivity contribution < 1.29 is 19.2 Å². The van der Waals surface area contributed by atoms with Crippen LogP contribution in [0.15, 0.2) is 53.0 Å². The first-order valence-electron chi connectivity index (χ1n) is 11.3. The van der Waals surface area contributed by atoms with Crippen molar-refractivity contribution in [1.82, 2.24) is 9.80 Å². The lowest BCUT2D eigenvalue weighted by molar-refractivity contribution is -0.148. The van der Waals surface area contributed by atoms with Gasteiger partial charge in [0, 0.05) is 10.0 Å². The number of imide groups is 2. The first kappa shape index (κ1) is 22.8. The van der Waals surface area contributed by atoms with Gasteiger partial charge < -0.3 is 4.90 Å². The van der Waals surface area contributed by atoms with E-state index in [9.17, 15) is 19.2 Å². The Morgan fingerprint density at radius 3 is 2.18 bits per heavy atom. The van der Waals surface area contributed by atoms with E-state index in [0.29, 0.717) is 11.3 Å². The minimum Gasteiger partial charge on any atom is -0.301 e. The summed E-state index contributed by atoms with van der Waals surface area (Å²) in [6.07, 6.45) is 0. The normalized spacial score (nSPS) is 28.8. The van der Waals surface area contributed by atoms with Gasteiger partial charge in [-0.15, -0.1) is 0 Å². The number of likely N-dealkylation sites (tertiary alicyclic amines) is 1. The number of nitrogens with zero attached hydrogens (tertiary/aromatic N) is 3. The lowest BCUT2D eigenvalue weighted by Gasteiger charge is -2.36. The molecule has 5 rings (SSSR count). The van der Waals surface area contributed by atoms with Crippen LogP contribution in [-0.2, 0) is 14.4 Å². The van der Waals surface area contributed by atoms with Crippen LogP contribution < -0.4 is 4.90 Å². The predicted octanol–water partition coefficient (Wildman–Crippen LogP) is 4.44. The molecule has 0 aliphatic carbocycles. The van der Waals surface area contributed by atoms with Gasteiger partial charge in [0.1, 0.15) is 5.54 Å². The molecule has 8 heteroatoms. The van der Waals surface area contributed by atoms with Crippen molar-refractivity contribution in [3.05, 3.63) is 64.1 Å². The Morgan fingerprint density at radius 2 is 1.59 bits per heavy atom. The van der Waals surface area contributed by atoms with E-state index in [2.05, 4.69) is 15.9 Å². The van der Waals surface area contributed by atoms with Crippen LogP contribution >= 0.6 is 15.9 Å². The molecule has 0 aromatic heterocycles. The summed E-state index contributed by atoms with van der Waals surface area (Å²) in [6, 6.07) is 13.3. The highest BCUT2D eigenvalue weighted by atomic mass is 79.9. The van der Waals surface area contributed by atoms with Crippen LogP contribution in [0, 0.1) is 18.8 Å². The van der Waals surface area contributed by atoms with Crippen LogP contribution in [0.25, 0.3) is 0 Å². The maximum absolute atomic E-state index is 14.0. The van der Waals surface area contributed by atoms with Gasteiger partial charge in [0.05, 0.1) is 23.6 Å². The molecule has 5 amide bonds. The first-order chi connectivity index (χ1) is 15.9. The summed E-state index contributed by atoms with van der Waals surface area (Å²) in [5, 5.41) is 0. The summed E-state index contributed by atoms with van der Waals surface area (Å²) in [7, 11) is 0. The van der Waals surface area contributed by atoms with Gasteiger partial charge in [-0.3, -0.25) is 19.3 Å². The number of carbonyl (C=O) groups excluding carboxylic acids is 4. The third kappa shape index (κ3) is 2.87. The number of anilines is 1. The summed E-state index contributed by atoms with van der Waals surface area (Å²) in [5.41, 5.74) is -0.141. The zero-order chi connectivity index (χ0) is 24.7. The van der Waals surface area contributed by atoms with Crippen LogP contribution in [-0.4, -0.2) is 44.6 Å². The summed E-state index contributed by atoms with van der Waals surface area (Å²) in [4.78, 5) is 59.3. The van der Waals surface area contributed by atoms with E-state index in [4.69, 9.17) is 0 Å². The zero-order valence-corrected chi connectivity index (χ0v) is 21.3. The molecule has 2 aromatic carbocycles. The second-order valence-electron chi connectivity index (χ2n) is 10.5. The molecule has 0 N–H and O–H groups in total. The molecule has 0 unspecified atom stereocenters. The van der Waals surface area contributed by atoms with E-state index in [-0.39, 0.29) is 5.91 Å². The van der Waals surface area contributed by atoms with Gasteiger partial charge in [0.2, 0.25) is 11.8 Å². The highest BCUT2D eigenvalue weighted by molar-refractivity contribution is 9.10. The van der Waals surface area contributed by atoms with E-state index in [1.165, 1.54) is 9.80 Å². The molecule has 3 fully saturated rings. The van der Waals surface area contributed by atoms with E-state index in [1.807, 2.05) is 37.3 Å². The van der Waals surface area contributed by atoms with Crippen LogP contribution in [0.1, 0.15) is 44.9 Å². The molecule has 7 nitrogen and oxygen atoms in total. The molecule has 2 aromatic rings. The predicted molar refractivity (Wildman–Crippen MR) is 130 cm³/mol. The number of aryl methyl sites for hydroxylation is 1. The molecule has 4 atom stereocenters. The van der Waals surface area contributed by atoms with E-state index < -0.39 is 46.8 Å². The molecular weight excluding hydrogens is 498 g/mol. The molecule has 3 aliphatic rings. The summed E-state index contributed by atoms with van der Waals surface area (Å²) in [5.74, 6) is -3.00. The smallest absolute Gasteiger partial charge is 0.301 e. The van der Waals surface area contributed by atoms with E-state index >= 15 is 0 Å². The Balaban J connectivity index is 1.72. The quantitative estimate of drug-likeness (QED) is 0.430. The topological polar surface area (TPSA) is 78.0 Å². The Bertz CT molecular complexity index is 1250. The van der Waals surface area contributed by atoms with Gasteiger partial charge >= 0.3 is 6.03 Å². The fourth-order valence-electron chi connectivity index (χ4n) is 5.85. The van der Waals surface area contributed by atoms with E-state index in [0.717, 1.165) is 14.9 Å². The van der Waals surface area contributed by atoms with Crippen molar-refractivity contribution in [1.29, 1.82) is 0 Å².